The van der Waals surface area contributed by atoms with Gasteiger partial charge >= 0.3 is 0 Å². The maximum absolute atomic E-state index is 13.3. The molecule has 0 amide bonds. The highest BCUT2D eigenvalue weighted by atomic mass is 16.5. The van der Waals surface area contributed by atoms with Gasteiger partial charge in [0.15, 0.2) is 17.2 Å². The first kappa shape index (κ1) is 34.0. The van der Waals surface area contributed by atoms with Crippen LogP contribution in [0.2, 0.25) is 0 Å². The summed E-state index contributed by atoms with van der Waals surface area (Å²) < 4.78 is 7.04. The van der Waals surface area contributed by atoms with Crippen LogP contribution in [0.3, 0.4) is 0 Å². The Hall–Kier alpha value is -7.24. The van der Waals surface area contributed by atoms with Crippen LogP contribution in [0, 0.1) is 13.8 Å². The van der Waals surface area contributed by atoms with Crippen molar-refractivity contribution in [1.82, 2.24) is 0 Å². The predicted molar refractivity (Wildman–Crippen MR) is 234 cm³/mol. The number of aromatic hydroxyl groups is 3. The van der Waals surface area contributed by atoms with Crippen molar-refractivity contribution in [2.24, 2.45) is 0 Å². The Morgan fingerprint density at radius 1 is 0.569 bits per heavy atom. The van der Waals surface area contributed by atoms with Crippen LogP contribution >= 0.6 is 0 Å². The number of phenols is 3. The van der Waals surface area contributed by atoms with Crippen molar-refractivity contribution in [3.8, 4) is 51.0 Å². The van der Waals surface area contributed by atoms with Gasteiger partial charge in [-0.1, -0.05) is 140 Å². The molecule has 1 aliphatic heterocycles. The molecule has 0 aromatic heterocycles. The number of allylic oxidation sites excluding steroid dienone is 4. The molecule has 8 aromatic carbocycles. The van der Waals surface area contributed by atoms with Gasteiger partial charge in [-0.15, -0.1) is 0 Å². The second-order valence-electron chi connectivity index (χ2n) is 15.5. The molecule has 3 N–H and O–H groups in total. The number of nitrogens with zero attached hydrogens (tertiary/aromatic N) is 1. The number of ether oxygens (including phenoxy) is 1. The van der Waals surface area contributed by atoms with Crippen LogP contribution in [-0.2, 0) is 5.41 Å². The number of phenolic OH excluding ortho intramolecular Hbond substituents is 3. The maximum atomic E-state index is 13.3. The molecule has 0 fully saturated rings. The van der Waals surface area contributed by atoms with Crippen LogP contribution in [0.1, 0.15) is 40.7 Å². The topological polar surface area (TPSA) is 73.2 Å². The number of fused-ring (bicyclic) bond motifs is 8. The fourth-order valence-corrected chi connectivity index (χ4v) is 10.1. The maximum Gasteiger partial charge on any atom is 0.197 e. The Labute approximate surface area is 336 Å². The standard InChI is InChI=1S/C53H39NO4/c1-31-43(41-30-33-18-12-13-25-37(33)38-26-14-15-27-39(38)41)48(55)32(2)46-51(31)58-52-47(54(46)36-23-10-5-11-24-36)50(57)45-44(49(52)56)40-28-16-17-29-42(40)53(45,34-19-6-3-7-20-34)35-21-8-4-9-22-35/h3,5-8,10-30,55-57H,4,9H2,1-2H3. The third-order valence-electron chi connectivity index (χ3n) is 12.6. The summed E-state index contributed by atoms with van der Waals surface area (Å²) in [6, 6.07) is 47.0. The molecule has 0 saturated heterocycles. The van der Waals surface area contributed by atoms with Gasteiger partial charge in [-0.2, -0.15) is 0 Å². The van der Waals surface area contributed by atoms with Gasteiger partial charge in [-0.05, 0) is 94.3 Å². The molecular formula is C53H39NO4. The van der Waals surface area contributed by atoms with Gasteiger partial charge in [0.05, 0.1) is 11.1 Å². The van der Waals surface area contributed by atoms with E-state index in [0.29, 0.717) is 44.9 Å². The Balaban J connectivity index is 1.25. The van der Waals surface area contributed by atoms with Crippen LogP contribution in [0.5, 0.6) is 28.7 Å². The lowest BCUT2D eigenvalue weighted by molar-refractivity contribution is 0.397. The number of para-hydroxylation sites is 1. The third-order valence-corrected chi connectivity index (χ3v) is 12.6. The molecule has 1 unspecified atom stereocenters. The molecule has 0 spiro atoms. The van der Waals surface area contributed by atoms with E-state index in [4.69, 9.17) is 4.74 Å². The van der Waals surface area contributed by atoms with Gasteiger partial charge in [0.2, 0.25) is 0 Å². The first-order valence-corrected chi connectivity index (χ1v) is 19.9. The Morgan fingerprint density at radius 2 is 1.24 bits per heavy atom. The molecule has 8 aromatic rings. The molecule has 5 nitrogen and oxygen atoms in total. The minimum atomic E-state index is -0.947. The number of anilines is 3. The zero-order chi connectivity index (χ0) is 39.3. The molecule has 5 heteroatoms. The average Bonchev–Trinajstić information content (AvgIpc) is 3.60. The van der Waals surface area contributed by atoms with E-state index in [2.05, 4.69) is 66.8 Å². The van der Waals surface area contributed by atoms with Gasteiger partial charge < -0.3 is 20.1 Å². The Morgan fingerprint density at radius 3 is 2.00 bits per heavy atom. The van der Waals surface area contributed by atoms with E-state index in [-0.39, 0.29) is 23.0 Å². The highest BCUT2D eigenvalue weighted by Crippen LogP contribution is 2.70. The first-order valence-electron chi connectivity index (χ1n) is 19.9. The molecular weight excluding hydrogens is 715 g/mol. The third kappa shape index (κ3) is 4.47. The fraction of sp³-hybridized carbons (Fsp3) is 0.0943. The number of hydrogen-bond acceptors (Lipinski definition) is 5. The molecule has 280 valence electrons. The highest BCUT2D eigenvalue weighted by Gasteiger charge is 2.53. The molecule has 3 aliphatic rings. The van der Waals surface area contributed by atoms with Crippen molar-refractivity contribution in [3.63, 3.8) is 0 Å². The van der Waals surface area contributed by atoms with Gasteiger partial charge in [0.1, 0.15) is 17.2 Å². The quantitative estimate of drug-likeness (QED) is 0.123. The summed E-state index contributed by atoms with van der Waals surface area (Å²) in [5.41, 5.74) is 8.49. The minimum Gasteiger partial charge on any atom is -0.507 e. The van der Waals surface area contributed by atoms with Crippen LogP contribution in [0.15, 0.2) is 163 Å². The summed E-state index contributed by atoms with van der Waals surface area (Å²) in [6.45, 7) is 3.87. The normalized spacial score (nSPS) is 16.4. The fourth-order valence-electron chi connectivity index (χ4n) is 10.1. The second-order valence-corrected chi connectivity index (χ2v) is 15.5. The van der Waals surface area contributed by atoms with E-state index in [1.807, 2.05) is 110 Å². The summed E-state index contributed by atoms with van der Waals surface area (Å²) in [6.07, 6.45) is 8.41. The van der Waals surface area contributed by atoms with Gasteiger partial charge in [0.25, 0.3) is 0 Å². The van der Waals surface area contributed by atoms with Crippen molar-refractivity contribution in [2.75, 3.05) is 4.90 Å². The second kappa shape index (κ2) is 12.6. The first-order chi connectivity index (χ1) is 28.4. The van der Waals surface area contributed by atoms with Gasteiger partial charge in [-0.3, -0.25) is 4.90 Å². The lowest BCUT2D eigenvalue weighted by Gasteiger charge is -2.40. The van der Waals surface area contributed by atoms with Crippen molar-refractivity contribution < 1.29 is 20.1 Å². The molecule has 11 rings (SSSR count). The van der Waals surface area contributed by atoms with Crippen LogP contribution in [0.4, 0.5) is 17.1 Å². The largest absolute Gasteiger partial charge is 0.507 e. The molecule has 0 bridgehead atoms. The summed E-state index contributed by atoms with van der Waals surface area (Å²) in [7, 11) is 0. The smallest absolute Gasteiger partial charge is 0.197 e. The average molecular weight is 754 g/mol. The monoisotopic (exact) mass is 753 g/mol. The van der Waals surface area contributed by atoms with E-state index >= 15 is 0 Å². The molecule has 1 heterocycles. The van der Waals surface area contributed by atoms with Crippen molar-refractivity contribution in [3.05, 3.63) is 191 Å². The van der Waals surface area contributed by atoms with Crippen molar-refractivity contribution >= 4 is 38.6 Å². The van der Waals surface area contributed by atoms with E-state index in [9.17, 15) is 15.3 Å². The van der Waals surface area contributed by atoms with E-state index in [1.165, 1.54) is 0 Å². The lowest BCUT2D eigenvalue weighted by atomic mass is 9.65. The number of hydrogen-bond donors (Lipinski definition) is 3. The van der Waals surface area contributed by atoms with Gasteiger partial charge in [0, 0.05) is 33.5 Å². The Bertz CT molecular complexity index is 3090. The van der Waals surface area contributed by atoms with Crippen molar-refractivity contribution in [2.45, 2.75) is 32.1 Å². The molecule has 58 heavy (non-hydrogen) atoms. The summed E-state index contributed by atoms with van der Waals surface area (Å²) in [4.78, 5) is 1.96. The van der Waals surface area contributed by atoms with E-state index in [0.717, 1.165) is 67.9 Å². The zero-order valence-corrected chi connectivity index (χ0v) is 32.1. The van der Waals surface area contributed by atoms with Crippen LogP contribution in [-0.4, -0.2) is 15.3 Å². The molecule has 0 saturated carbocycles. The van der Waals surface area contributed by atoms with Crippen LogP contribution < -0.4 is 9.64 Å². The van der Waals surface area contributed by atoms with Gasteiger partial charge in [-0.25, -0.2) is 0 Å². The molecule has 0 radical (unpaired) electrons. The van der Waals surface area contributed by atoms with Crippen molar-refractivity contribution in [1.29, 1.82) is 0 Å². The van der Waals surface area contributed by atoms with Crippen LogP contribution in [0.25, 0.3) is 43.8 Å². The number of rotatable bonds is 4. The van der Waals surface area contributed by atoms with E-state index in [1.54, 1.807) is 0 Å². The summed E-state index contributed by atoms with van der Waals surface area (Å²) in [5.74, 6) is 0.716. The predicted octanol–water partition coefficient (Wildman–Crippen LogP) is 13.6. The lowest BCUT2D eigenvalue weighted by Crippen LogP contribution is -2.30. The SMILES string of the molecule is Cc1c2c(c(C)c(O)c1-c1cc3ccccc3c3ccccc13)N(c1ccccc1)c1c(O)c3c(c(O)c1O2)-c1ccccc1C3(C1=CCCC=C1)c1ccccc1. The highest BCUT2D eigenvalue weighted by molar-refractivity contribution is 6.15. The molecule has 2 aliphatic carbocycles. The van der Waals surface area contributed by atoms with E-state index < -0.39 is 5.41 Å². The molecule has 1 atom stereocenters. The summed E-state index contributed by atoms with van der Waals surface area (Å²) in [5, 5.41) is 43.0. The number of benzene rings is 8. The Kier molecular flexibility index (Phi) is 7.42. The zero-order valence-electron chi connectivity index (χ0n) is 32.1. The summed E-state index contributed by atoms with van der Waals surface area (Å²) >= 11 is 0. The minimum absolute atomic E-state index is 0.00151.